The first kappa shape index (κ1) is 79.2. The third-order valence-corrected chi connectivity index (χ3v) is 15.9. The third-order valence-electron chi connectivity index (χ3n) is 14.9. The topological polar surface area (TPSA) is 111 Å². The molecule has 0 fully saturated rings. The Kier molecular flexibility index (Phi) is 60.6. The van der Waals surface area contributed by atoms with E-state index in [4.69, 9.17) is 18.5 Å². The highest BCUT2D eigenvalue weighted by molar-refractivity contribution is 7.45. The predicted molar refractivity (Wildman–Crippen MR) is 351 cm³/mol. The van der Waals surface area contributed by atoms with Crippen LogP contribution in [0.25, 0.3) is 0 Å². The fourth-order valence-electron chi connectivity index (χ4n) is 9.66. The normalized spacial score (nSPS) is 13.7. The SMILES string of the molecule is CC/C=C\C/C=C\C/C=C\C/C=C\C/C=C\C/C=C\CCCCCCCCCCC(=O)OC(COC(=O)CCCCCCCCCCCCCCCCCCCCC/C=C\CCCCCCCCCC)COP(=O)([O-])OCC[N+](C)(C)C. The molecule has 0 saturated heterocycles. The van der Waals surface area contributed by atoms with E-state index in [1.54, 1.807) is 0 Å². The van der Waals surface area contributed by atoms with Gasteiger partial charge in [-0.3, -0.25) is 14.2 Å². The number of phosphoric ester groups is 1. The molecule has 0 aliphatic carbocycles. The maximum Gasteiger partial charge on any atom is 0.306 e. The lowest BCUT2D eigenvalue weighted by molar-refractivity contribution is -0.870. The van der Waals surface area contributed by atoms with E-state index in [0.717, 1.165) is 83.5 Å². The van der Waals surface area contributed by atoms with Gasteiger partial charge in [-0.15, -0.1) is 0 Å². The zero-order valence-corrected chi connectivity index (χ0v) is 55.1. The van der Waals surface area contributed by atoms with Crippen LogP contribution in [0, 0.1) is 0 Å². The first-order valence-electron chi connectivity index (χ1n) is 34.3. The molecule has 2 atom stereocenters. The Morgan fingerprint density at radius 1 is 0.390 bits per heavy atom. The molecule has 0 aliphatic heterocycles. The van der Waals surface area contributed by atoms with Crippen molar-refractivity contribution in [2.75, 3.05) is 47.5 Å². The zero-order valence-electron chi connectivity index (χ0n) is 54.2. The molecule has 0 saturated carbocycles. The lowest BCUT2D eigenvalue weighted by atomic mass is 10.0. The second-order valence-electron chi connectivity index (χ2n) is 24.2. The van der Waals surface area contributed by atoms with Crippen molar-refractivity contribution in [1.29, 1.82) is 0 Å². The number of esters is 2. The molecule has 0 aromatic rings. The van der Waals surface area contributed by atoms with Gasteiger partial charge in [0, 0.05) is 12.8 Å². The molecule has 0 bridgehead atoms. The largest absolute Gasteiger partial charge is 0.756 e. The van der Waals surface area contributed by atoms with Gasteiger partial charge >= 0.3 is 11.9 Å². The Morgan fingerprint density at radius 3 is 1.05 bits per heavy atom. The van der Waals surface area contributed by atoms with Gasteiger partial charge in [0.1, 0.15) is 19.8 Å². The first-order valence-corrected chi connectivity index (χ1v) is 35.8. The Morgan fingerprint density at radius 2 is 0.695 bits per heavy atom. The molecule has 476 valence electrons. The first-order chi connectivity index (χ1) is 40.0. The number of quaternary nitrogens is 1. The van der Waals surface area contributed by atoms with Crippen molar-refractivity contribution >= 4 is 19.8 Å². The standard InChI is InChI=1S/C72H130NO8P/c1-6-8-10-12-14-16-18-20-22-24-26-28-30-32-34-35-36-37-39-40-42-44-46-48-50-52-54-56-58-60-62-64-71(74)78-68-70(69-80-82(76,77)79-67-66-73(3,4)5)81-72(75)65-63-61-59-57-55-53-51-49-47-45-43-41-38-33-31-29-27-25-23-21-19-17-15-13-11-9-7-2/h9,11,15,17,21,23-24,26-27,29,33,38,43,45,70H,6-8,10,12-14,16,18-20,22,25,28,30-32,34-37,39-42,44,46-69H2,1-5H3/b11-9-,17-15-,23-21-,26-24-,29-27-,38-33-,45-43-. The summed E-state index contributed by atoms with van der Waals surface area (Å²) in [6.45, 7) is 4.15. The van der Waals surface area contributed by atoms with Gasteiger partial charge in [0.25, 0.3) is 7.82 Å². The maximum absolute atomic E-state index is 12.8. The van der Waals surface area contributed by atoms with E-state index >= 15 is 0 Å². The number of carbonyl (C=O) groups excluding carboxylic acids is 2. The number of likely N-dealkylation sites (N-methyl/N-ethyl adjacent to an activating group) is 1. The Labute approximate surface area is 507 Å². The quantitative estimate of drug-likeness (QED) is 0.0195. The summed E-state index contributed by atoms with van der Waals surface area (Å²) in [5.41, 5.74) is 0. The highest BCUT2D eigenvalue weighted by Gasteiger charge is 2.22. The Hall–Kier alpha value is -2.81. The summed E-state index contributed by atoms with van der Waals surface area (Å²) in [6.07, 6.45) is 85.2. The van der Waals surface area contributed by atoms with Crippen LogP contribution in [0.5, 0.6) is 0 Å². The summed E-state index contributed by atoms with van der Waals surface area (Å²) in [7, 11) is 1.16. The number of hydrogen-bond acceptors (Lipinski definition) is 8. The number of nitrogens with zero attached hydrogens (tertiary/aromatic N) is 1. The van der Waals surface area contributed by atoms with Crippen LogP contribution in [0.1, 0.15) is 309 Å². The molecular weight excluding hydrogens is 1040 g/mol. The minimum atomic E-state index is -4.65. The zero-order chi connectivity index (χ0) is 59.8. The highest BCUT2D eigenvalue weighted by atomic mass is 31.2. The summed E-state index contributed by atoms with van der Waals surface area (Å²) in [5.74, 6) is -0.835. The van der Waals surface area contributed by atoms with Gasteiger partial charge in [0.2, 0.25) is 0 Å². The number of carbonyl (C=O) groups is 2. The number of hydrogen-bond donors (Lipinski definition) is 0. The van der Waals surface area contributed by atoms with Crippen LogP contribution in [-0.2, 0) is 32.7 Å². The van der Waals surface area contributed by atoms with Crippen molar-refractivity contribution in [1.82, 2.24) is 0 Å². The fraction of sp³-hybridized carbons (Fsp3) is 0.778. The van der Waals surface area contributed by atoms with E-state index in [9.17, 15) is 19.0 Å². The van der Waals surface area contributed by atoms with Crippen LogP contribution in [0.2, 0.25) is 0 Å². The summed E-state index contributed by atoms with van der Waals surface area (Å²) >= 11 is 0. The van der Waals surface area contributed by atoms with Gasteiger partial charge in [-0.25, -0.2) is 0 Å². The molecule has 2 unspecified atom stereocenters. The lowest BCUT2D eigenvalue weighted by Crippen LogP contribution is -2.37. The van der Waals surface area contributed by atoms with E-state index in [1.807, 2.05) is 21.1 Å². The molecule has 9 nitrogen and oxygen atoms in total. The second-order valence-corrected chi connectivity index (χ2v) is 25.6. The van der Waals surface area contributed by atoms with Crippen LogP contribution >= 0.6 is 7.82 Å². The van der Waals surface area contributed by atoms with Crippen molar-refractivity contribution in [3.63, 3.8) is 0 Å². The van der Waals surface area contributed by atoms with Crippen molar-refractivity contribution in [3.8, 4) is 0 Å². The van der Waals surface area contributed by atoms with Gasteiger partial charge in [0.05, 0.1) is 27.7 Å². The molecule has 0 rings (SSSR count). The molecule has 0 amide bonds. The van der Waals surface area contributed by atoms with Crippen LogP contribution in [0.15, 0.2) is 85.1 Å². The highest BCUT2D eigenvalue weighted by Crippen LogP contribution is 2.38. The van der Waals surface area contributed by atoms with Gasteiger partial charge in [0.15, 0.2) is 6.10 Å². The van der Waals surface area contributed by atoms with Crippen LogP contribution in [0.4, 0.5) is 0 Å². The minimum Gasteiger partial charge on any atom is -0.756 e. The molecule has 0 radical (unpaired) electrons. The number of rotatable bonds is 63. The van der Waals surface area contributed by atoms with E-state index in [-0.39, 0.29) is 32.0 Å². The van der Waals surface area contributed by atoms with Crippen LogP contribution in [0.3, 0.4) is 0 Å². The minimum absolute atomic E-state index is 0.0350. The third kappa shape index (κ3) is 66.3. The van der Waals surface area contributed by atoms with E-state index in [0.29, 0.717) is 17.4 Å². The van der Waals surface area contributed by atoms with Crippen molar-refractivity contribution in [3.05, 3.63) is 85.1 Å². The number of ether oxygens (including phenoxy) is 2. The van der Waals surface area contributed by atoms with Crippen molar-refractivity contribution < 1.29 is 42.1 Å². The second kappa shape index (κ2) is 62.7. The van der Waals surface area contributed by atoms with Crippen LogP contribution in [-0.4, -0.2) is 70.0 Å². The monoisotopic (exact) mass is 1170 g/mol. The van der Waals surface area contributed by atoms with E-state index in [1.165, 1.54) is 193 Å². The Balaban J connectivity index is 4.06. The van der Waals surface area contributed by atoms with Crippen molar-refractivity contribution in [2.45, 2.75) is 315 Å². The molecule has 10 heteroatoms. The summed E-state index contributed by atoms with van der Waals surface area (Å²) in [5, 5.41) is 0. The molecule has 0 N–H and O–H groups in total. The van der Waals surface area contributed by atoms with Gasteiger partial charge in [-0.1, -0.05) is 292 Å². The Bertz CT molecular complexity index is 1660. The summed E-state index contributed by atoms with van der Waals surface area (Å²) < 4.78 is 34.3. The average molecular weight is 1170 g/mol. The average Bonchev–Trinajstić information content (AvgIpc) is 3.46. The van der Waals surface area contributed by atoms with Crippen LogP contribution < -0.4 is 4.89 Å². The molecule has 0 aromatic carbocycles. The molecule has 82 heavy (non-hydrogen) atoms. The van der Waals surface area contributed by atoms with Gasteiger partial charge in [-0.05, 0) is 89.9 Å². The summed E-state index contributed by atoms with van der Waals surface area (Å²) in [4.78, 5) is 38.0. The van der Waals surface area contributed by atoms with E-state index < -0.39 is 26.5 Å². The number of allylic oxidation sites excluding steroid dienone is 14. The number of phosphoric acid groups is 1. The molecule has 0 heterocycles. The van der Waals surface area contributed by atoms with Gasteiger partial charge < -0.3 is 27.9 Å². The predicted octanol–water partition coefficient (Wildman–Crippen LogP) is 21.5. The smallest absolute Gasteiger partial charge is 0.306 e. The number of unbranched alkanes of at least 4 members (excludes halogenated alkanes) is 35. The summed E-state index contributed by atoms with van der Waals surface area (Å²) in [6, 6.07) is 0. The molecule has 0 aliphatic rings. The van der Waals surface area contributed by atoms with E-state index in [2.05, 4.69) is 98.9 Å². The molecular formula is C72H130NO8P. The molecule has 0 spiro atoms. The van der Waals surface area contributed by atoms with Gasteiger partial charge in [-0.2, -0.15) is 0 Å². The fourth-order valence-corrected chi connectivity index (χ4v) is 10.4. The lowest BCUT2D eigenvalue weighted by Gasteiger charge is -2.28. The molecule has 0 aromatic heterocycles. The van der Waals surface area contributed by atoms with Crippen molar-refractivity contribution in [2.24, 2.45) is 0 Å². The maximum atomic E-state index is 12.8.